The van der Waals surface area contributed by atoms with Crippen LogP contribution in [0.3, 0.4) is 0 Å². The largest absolute Gasteiger partial charge is 0.381 e. The molecular formula is C8H6F10. The van der Waals surface area contributed by atoms with Gasteiger partial charge in [0.15, 0.2) is 0 Å². The molecule has 0 heterocycles. The smallest absolute Gasteiger partial charge is 0.233 e. The van der Waals surface area contributed by atoms with E-state index in [-0.39, 0.29) is 0 Å². The molecule has 0 nitrogen and oxygen atoms in total. The van der Waals surface area contributed by atoms with Crippen LogP contribution < -0.4 is 0 Å². The number of rotatable bonds is 0. The molecule has 0 radical (unpaired) electrons. The number of alkyl halides is 10. The second-order valence-corrected chi connectivity index (χ2v) is 4.30. The quantitative estimate of drug-likeness (QED) is 0.592. The standard InChI is InChI=1S/C8H6F10/c1-3(9)4(2,10)6(13,14)8(17,18)7(15,16)5(3,11)12/h1-2H3/t3-,4-/m0/s1. The van der Waals surface area contributed by atoms with Crippen LogP contribution in [0.25, 0.3) is 0 Å². The van der Waals surface area contributed by atoms with Crippen LogP contribution in [0.4, 0.5) is 43.9 Å². The molecule has 0 bridgehead atoms. The van der Waals surface area contributed by atoms with Gasteiger partial charge in [0.2, 0.25) is 11.3 Å². The molecule has 1 rings (SSSR count). The highest BCUT2D eigenvalue weighted by molar-refractivity contribution is 5.27. The molecule has 0 aliphatic heterocycles. The second-order valence-electron chi connectivity index (χ2n) is 4.30. The summed E-state index contributed by atoms with van der Waals surface area (Å²) in [6.07, 6.45) is 0. The molecule has 0 aromatic rings. The summed E-state index contributed by atoms with van der Waals surface area (Å²) in [6.45, 7) is -1.21. The van der Waals surface area contributed by atoms with Gasteiger partial charge >= 0.3 is 23.7 Å². The van der Waals surface area contributed by atoms with Crippen molar-refractivity contribution in [1.82, 2.24) is 0 Å². The first-order valence-electron chi connectivity index (χ1n) is 4.39. The average Bonchev–Trinajstić information content (AvgIpc) is 2.14. The van der Waals surface area contributed by atoms with E-state index in [0.29, 0.717) is 0 Å². The van der Waals surface area contributed by atoms with Gasteiger partial charge in [-0.2, -0.15) is 35.1 Å². The lowest BCUT2D eigenvalue weighted by atomic mass is 9.67. The predicted octanol–water partition coefficient (Wildman–Crippen LogP) is 4.00. The molecule has 1 saturated carbocycles. The van der Waals surface area contributed by atoms with Crippen molar-refractivity contribution in [3.63, 3.8) is 0 Å². The van der Waals surface area contributed by atoms with Crippen molar-refractivity contribution in [2.45, 2.75) is 48.9 Å². The molecule has 0 N–H and O–H groups in total. The molecule has 0 aromatic heterocycles. The third kappa shape index (κ3) is 1.10. The zero-order valence-electron chi connectivity index (χ0n) is 8.78. The number of hydrogen-bond donors (Lipinski definition) is 0. The Kier molecular flexibility index (Phi) is 2.61. The van der Waals surface area contributed by atoms with Crippen LogP contribution in [-0.4, -0.2) is 35.0 Å². The Labute approximate surface area is 93.9 Å². The minimum absolute atomic E-state index is 0.607. The van der Waals surface area contributed by atoms with Crippen molar-refractivity contribution in [3.05, 3.63) is 0 Å². The van der Waals surface area contributed by atoms with E-state index in [2.05, 4.69) is 0 Å². The highest BCUT2D eigenvalue weighted by atomic mass is 19.4. The summed E-state index contributed by atoms with van der Waals surface area (Å²) in [7, 11) is 0. The Morgan fingerprint density at radius 1 is 0.389 bits per heavy atom. The van der Waals surface area contributed by atoms with Gasteiger partial charge in [-0.05, 0) is 13.8 Å². The minimum atomic E-state index is -6.74. The van der Waals surface area contributed by atoms with Crippen LogP contribution in [0, 0.1) is 0 Å². The lowest BCUT2D eigenvalue weighted by molar-refractivity contribution is -0.458. The van der Waals surface area contributed by atoms with Gasteiger partial charge in [-0.25, -0.2) is 8.78 Å². The van der Waals surface area contributed by atoms with Gasteiger partial charge in [0, 0.05) is 0 Å². The van der Waals surface area contributed by atoms with E-state index >= 15 is 0 Å². The van der Waals surface area contributed by atoms with Crippen molar-refractivity contribution in [2.24, 2.45) is 0 Å². The van der Waals surface area contributed by atoms with Gasteiger partial charge in [0.05, 0.1) is 0 Å². The molecule has 0 unspecified atom stereocenters. The molecule has 2 atom stereocenters. The van der Waals surface area contributed by atoms with Gasteiger partial charge < -0.3 is 0 Å². The molecule has 108 valence electrons. The van der Waals surface area contributed by atoms with Crippen LogP contribution in [0.1, 0.15) is 13.8 Å². The highest BCUT2D eigenvalue weighted by Crippen LogP contribution is 2.68. The van der Waals surface area contributed by atoms with E-state index in [1.807, 2.05) is 0 Å². The number of hydrogen-bond acceptors (Lipinski definition) is 0. The van der Waals surface area contributed by atoms with Crippen molar-refractivity contribution < 1.29 is 43.9 Å². The summed E-state index contributed by atoms with van der Waals surface area (Å²) in [4.78, 5) is 0. The third-order valence-corrected chi connectivity index (χ3v) is 3.24. The Bertz CT molecular complexity index is 249. The fourth-order valence-electron chi connectivity index (χ4n) is 1.57. The lowest BCUT2D eigenvalue weighted by Gasteiger charge is -2.53. The fraction of sp³-hybridized carbons (Fsp3) is 1.00. The van der Waals surface area contributed by atoms with E-state index in [1.165, 1.54) is 0 Å². The molecule has 1 fully saturated rings. The maximum absolute atomic E-state index is 13.3. The topological polar surface area (TPSA) is 0 Å². The zero-order valence-corrected chi connectivity index (χ0v) is 8.78. The molecule has 0 spiro atoms. The molecule has 0 aromatic carbocycles. The summed E-state index contributed by atoms with van der Waals surface area (Å²) in [5.41, 5.74) is -10.4. The molecule has 18 heavy (non-hydrogen) atoms. The highest BCUT2D eigenvalue weighted by Gasteiger charge is 2.97. The summed E-state index contributed by atoms with van der Waals surface area (Å²) in [5, 5.41) is 0. The van der Waals surface area contributed by atoms with E-state index in [9.17, 15) is 43.9 Å². The summed E-state index contributed by atoms with van der Waals surface area (Å²) < 4.78 is 129. The molecule has 1 aliphatic carbocycles. The molecular weight excluding hydrogens is 286 g/mol. The van der Waals surface area contributed by atoms with Gasteiger partial charge in [-0.15, -0.1) is 0 Å². The normalized spacial score (nSPS) is 44.7. The first-order chi connectivity index (χ1) is 7.50. The minimum Gasteiger partial charge on any atom is -0.233 e. The van der Waals surface area contributed by atoms with Gasteiger partial charge in [0.1, 0.15) is 0 Å². The Balaban J connectivity index is 3.72. The van der Waals surface area contributed by atoms with E-state index < -0.39 is 48.9 Å². The Morgan fingerprint density at radius 3 is 0.722 bits per heavy atom. The SMILES string of the molecule is C[C@@]1(F)C(F)(F)C(F)(F)C(F)(F)C(F)(F)[C@@]1(C)F. The Morgan fingerprint density at radius 2 is 0.556 bits per heavy atom. The molecule has 0 amide bonds. The van der Waals surface area contributed by atoms with E-state index in [0.717, 1.165) is 0 Å². The second kappa shape index (κ2) is 3.06. The summed E-state index contributed by atoms with van der Waals surface area (Å²) >= 11 is 0. The number of halogens is 10. The third-order valence-electron chi connectivity index (χ3n) is 3.24. The van der Waals surface area contributed by atoms with Crippen LogP contribution >= 0.6 is 0 Å². The Hall–Kier alpha value is -0.700. The summed E-state index contributed by atoms with van der Waals surface area (Å²) in [6, 6.07) is 0. The van der Waals surface area contributed by atoms with Crippen molar-refractivity contribution >= 4 is 0 Å². The van der Waals surface area contributed by atoms with Crippen molar-refractivity contribution in [2.75, 3.05) is 0 Å². The van der Waals surface area contributed by atoms with E-state index in [4.69, 9.17) is 0 Å². The van der Waals surface area contributed by atoms with Crippen LogP contribution in [0.2, 0.25) is 0 Å². The van der Waals surface area contributed by atoms with Crippen LogP contribution in [0.5, 0.6) is 0 Å². The maximum Gasteiger partial charge on any atom is 0.381 e. The lowest BCUT2D eigenvalue weighted by Crippen LogP contribution is -2.83. The molecule has 1 aliphatic rings. The molecule has 10 heteroatoms. The van der Waals surface area contributed by atoms with Gasteiger partial charge in [-0.3, -0.25) is 0 Å². The zero-order chi connectivity index (χ0) is 15.0. The van der Waals surface area contributed by atoms with Crippen LogP contribution in [-0.2, 0) is 0 Å². The fourth-order valence-corrected chi connectivity index (χ4v) is 1.57. The van der Waals surface area contributed by atoms with Gasteiger partial charge in [-0.1, -0.05) is 0 Å². The van der Waals surface area contributed by atoms with Gasteiger partial charge in [0.25, 0.3) is 0 Å². The monoisotopic (exact) mass is 292 g/mol. The van der Waals surface area contributed by atoms with Crippen molar-refractivity contribution in [1.29, 1.82) is 0 Å². The van der Waals surface area contributed by atoms with E-state index in [1.54, 1.807) is 0 Å². The van der Waals surface area contributed by atoms with Crippen molar-refractivity contribution in [3.8, 4) is 0 Å². The molecule has 0 saturated heterocycles. The van der Waals surface area contributed by atoms with Crippen LogP contribution in [0.15, 0.2) is 0 Å². The predicted molar refractivity (Wildman–Crippen MR) is 38.8 cm³/mol. The first-order valence-corrected chi connectivity index (χ1v) is 4.39. The first kappa shape index (κ1) is 15.4. The average molecular weight is 292 g/mol. The summed E-state index contributed by atoms with van der Waals surface area (Å²) in [5.74, 6) is -26.1. The maximum atomic E-state index is 13.3.